The van der Waals surface area contributed by atoms with Gasteiger partial charge in [-0.3, -0.25) is 25.2 Å². The molecule has 0 heterocycles. The van der Waals surface area contributed by atoms with Gasteiger partial charge in [0.25, 0.3) is 11.8 Å². The molecular weight excluding hydrogens is 462 g/mol. The Morgan fingerprint density at radius 1 is 1.03 bits per heavy atom. The van der Waals surface area contributed by atoms with Crippen molar-refractivity contribution in [2.45, 2.75) is 20.3 Å². The summed E-state index contributed by atoms with van der Waals surface area (Å²) in [6.45, 7) is 3.63. The van der Waals surface area contributed by atoms with Crippen LogP contribution in [0, 0.1) is 5.92 Å². The van der Waals surface area contributed by atoms with Gasteiger partial charge in [0.15, 0.2) is 6.61 Å². The average Bonchev–Trinajstić information content (AvgIpc) is 2.65. The van der Waals surface area contributed by atoms with Crippen LogP contribution in [0.25, 0.3) is 0 Å². The number of rotatable bonds is 7. The van der Waals surface area contributed by atoms with Crippen molar-refractivity contribution in [3.8, 4) is 5.75 Å². The van der Waals surface area contributed by atoms with Crippen LogP contribution in [0.2, 0.25) is 5.02 Å². The van der Waals surface area contributed by atoms with E-state index in [0.717, 1.165) is 0 Å². The Labute approximate surface area is 182 Å². The normalized spacial score (nSPS) is 10.4. The van der Waals surface area contributed by atoms with E-state index in [-0.39, 0.29) is 18.4 Å². The molecule has 9 heteroatoms. The van der Waals surface area contributed by atoms with Gasteiger partial charge < -0.3 is 10.1 Å². The van der Waals surface area contributed by atoms with Gasteiger partial charge in [-0.1, -0.05) is 25.4 Å². The molecule has 2 rings (SSSR count). The molecule has 7 nitrogen and oxygen atoms in total. The second-order valence-electron chi connectivity index (χ2n) is 6.59. The number of amides is 3. The van der Waals surface area contributed by atoms with Gasteiger partial charge >= 0.3 is 0 Å². The first kappa shape index (κ1) is 22.7. The monoisotopic (exact) mass is 481 g/mol. The molecule has 29 heavy (non-hydrogen) atoms. The van der Waals surface area contributed by atoms with E-state index in [4.69, 9.17) is 16.3 Å². The van der Waals surface area contributed by atoms with Crippen LogP contribution in [-0.2, 0) is 9.59 Å². The predicted molar refractivity (Wildman–Crippen MR) is 115 cm³/mol. The summed E-state index contributed by atoms with van der Waals surface area (Å²) in [6, 6.07) is 11.2. The number of benzene rings is 2. The number of hydrazine groups is 1. The minimum Gasteiger partial charge on any atom is -0.483 e. The third-order valence-corrected chi connectivity index (χ3v) is 4.45. The molecular formula is C20H21BrClN3O4. The van der Waals surface area contributed by atoms with Gasteiger partial charge in [-0.15, -0.1) is 0 Å². The molecule has 0 aliphatic rings. The van der Waals surface area contributed by atoms with Crippen LogP contribution in [0.3, 0.4) is 0 Å². The SMILES string of the molecule is CC(C)CC(=O)Nc1ccc(C(=O)NNC(=O)COc2ccc(Cl)cc2Br)cc1. The first-order valence-electron chi connectivity index (χ1n) is 8.81. The molecule has 2 aromatic carbocycles. The molecule has 0 unspecified atom stereocenters. The number of ether oxygens (including phenoxy) is 1. The smallest absolute Gasteiger partial charge is 0.276 e. The van der Waals surface area contributed by atoms with Gasteiger partial charge in [0.1, 0.15) is 5.75 Å². The molecule has 0 atom stereocenters. The quantitative estimate of drug-likeness (QED) is 0.521. The van der Waals surface area contributed by atoms with E-state index in [2.05, 4.69) is 32.1 Å². The van der Waals surface area contributed by atoms with E-state index in [1.807, 2.05) is 13.8 Å². The summed E-state index contributed by atoms with van der Waals surface area (Å²) in [6.07, 6.45) is 0.420. The Bertz CT molecular complexity index is 888. The molecule has 2 aromatic rings. The third-order valence-electron chi connectivity index (χ3n) is 3.59. The van der Waals surface area contributed by atoms with E-state index in [1.54, 1.807) is 42.5 Å². The van der Waals surface area contributed by atoms with E-state index >= 15 is 0 Å². The second-order valence-corrected chi connectivity index (χ2v) is 7.88. The molecule has 0 aliphatic heterocycles. The van der Waals surface area contributed by atoms with Crippen molar-refractivity contribution in [1.82, 2.24) is 10.9 Å². The van der Waals surface area contributed by atoms with Gasteiger partial charge in [0.05, 0.1) is 4.47 Å². The number of hydrogen-bond acceptors (Lipinski definition) is 4. The number of anilines is 1. The molecule has 0 radical (unpaired) electrons. The highest BCUT2D eigenvalue weighted by Gasteiger charge is 2.10. The molecule has 0 bridgehead atoms. The Kier molecular flexibility index (Phi) is 8.48. The second kappa shape index (κ2) is 10.8. The first-order valence-corrected chi connectivity index (χ1v) is 9.98. The summed E-state index contributed by atoms with van der Waals surface area (Å²) in [5, 5.41) is 3.29. The van der Waals surface area contributed by atoms with E-state index < -0.39 is 11.8 Å². The van der Waals surface area contributed by atoms with E-state index in [1.165, 1.54) is 0 Å². The largest absolute Gasteiger partial charge is 0.483 e. The topological polar surface area (TPSA) is 96.5 Å². The summed E-state index contributed by atoms with van der Waals surface area (Å²) in [5.74, 6) is -0.403. The lowest BCUT2D eigenvalue weighted by atomic mass is 10.1. The number of nitrogens with one attached hydrogen (secondary N) is 3. The molecule has 0 spiro atoms. The van der Waals surface area contributed by atoms with Crippen LogP contribution in [0.5, 0.6) is 5.75 Å². The van der Waals surface area contributed by atoms with E-state index in [0.29, 0.717) is 32.9 Å². The lowest BCUT2D eigenvalue weighted by Gasteiger charge is -2.11. The van der Waals surface area contributed by atoms with Crippen molar-refractivity contribution in [2.75, 3.05) is 11.9 Å². The van der Waals surface area contributed by atoms with Crippen molar-refractivity contribution in [3.05, 3.63) is 57.5 Å². The van der Waals surface area contributed by atoms with Crippen LogP contribution < -0.4 is 20.9 Å². The van der Waals surface area contributed by atoms with Crippen LogP contribution >= 0.6 is 27.5 Å². The molecule has 0 aliphatic carbocycles. The third kappa shape index (κ3) is 7.75. The average molecular weight is 483 g/mol. The fourth-order valence-electron chi connectivity index (χ4n) is 2.26. The molecule has 154 valence electrons. The first-order chi connectivity index (χ1) is 13.7. The molecule has 0 saturated heterocycles. The van der Waals surface area contributed by atoms with Crippen LogP contribution in [0.4, 0.5) is 5.69 Å². The fourth-order valence-corrected chi connectivity index (χ4v) is 3.06. The number of halogens is 2. The Morgan fingerprint density at radius 3 is 2.34 bits per heavy atom. The number of carbonyl (C=O) groups is 3. The summed E-state index contributed by atoms with van der Waals surface area (Å²) in [5.41, 5.74) is 5.51. The van der Waals surface area contributed by atoms with Crippen LogP contribution in [0.1, 0.15) is 30.6 Å². The summed E-state index contributed by atoms with van der Waals surface area (Å²) < 4.78 is 5.98. The van der Waals surface area contributed by atoms with Gasteiger partial charge in [-0.25, -0.2) is 0 Å². The number of hydrogen-bond donors (Lipinski definition) is 3. The highest BCUT2D eigenvalue weighted by Crippen LogP contribution is 2.27. The molecule has 3 amide bonds. The fraction of sp³-hybridized carbons (Fsp3) is 0.250. The zero-order valence-electron chi connectivity index (χ0n) is 15.9. The zero-order valence-corrected chi connectivity index (χ0v) is 18.3. The van der Waals surface area contributed by atoms with Crippen molar-refractivity contribution >= 4 is 50.9 Å². The Balaban J connectivity index is 1.79. The van der Waals surface area contributed by atoms with Gasteiger partial charge in [-0.2, -0.15) is 0 Å². The van der Waals surface area contributed by atoms with Crippen molar-refractivity contribution in [2.24, 2.45) is 5.92 Å². The maximum Gasteiger partial charge on any atom is 0.276 e. The standard InChI is InChI=1S/C20H21BrClN3O4/c1-12(2)9-18(26)23-15-6-3-13(4-7-15)20(28)25-24-19(27)11-29-17-8-5-14(22)10-16(17)21/h3-8,10,12H,9,11H2,1-2H3,(H,23,26)(H,24,27)(H,25,28). The lowest BCUT2D eigenvalue weighted by molar-refractivity contribution is -0.123. The van der Waals surface area contributed by atoms with Crippen molar-refractivity contribution < 1.29 is 19.1 Å². The highest BCUT2D eigenvalue weighted by atomic mass is 79.9. The maximum atomic E-state index is 12.1. The lowest BCUT2D eigenvalue weighted by Crippen LogP contribution is -2.43. The van der Waals surface area contributed by atoms with E-state index in [9.17, 15) is 14.4 Å². The molecule has 0 aromatic heterocycles. The Hall–Kier alpha value is -2.58. The molecule has 0 fully saturated rings. The Morgan fingerprint density at radius 2 is 1.72 bits per heavy atom. The van der Waals surface area contributed by atoms with Crippen LogP contribution in [-0.4, -0.2) is 24.3 Å². The molecule has 3 N–H and O–H groups in total. The van der Waals surface area contributed by atoms with Crippen molar-refractivity contribution in [1.29, 1.82) is 0 Å². The summed E-state index contributed by atoms with van der Waals surface area (Å²) >= 11 is 9.13. The predicted octanol–water partition coefficient (Wildman–Crippen LogP) is 3.93. The summed E-state index contributed by atoms with van der Waals surface area (Å²) in [7, 11) is 0. The van der Waals surface area contributed by atoms with Crippen LogP contribution in [0.15, 0.2) is 46.9 Å². The van der Waals surface area contributed by atoms with Crippen molar-refractivity contribution in [3.63, 3.8) is 0 Å². The highest BCUT2D eigenvalue weighted by molar-refractivity contribution is 9.10. The minimum atomic E-state index is -0.530. The molecule has 0 saturated carbocycles. The zero-order chi connectivity index (χ0) is 21.4. The van der Waals surface area contributed by atoms with Gasteiger partial charge in [-0.05, 0) is 64.3 Å². The summed E-state index contributed by atoms with van der Waals surface area (Å²) in [4.78, 5) is 35.7. The number of carbonyl (C=O) groups excluding carboxylic acids is 3. The van der Waals surface area contributed by atoms with Gasteiger partial charge in [0, 0.05) is 22.7 Å². The minimum absolute atomic E-state index is 0.0863. The maximum absolute atomic E-state index is 12.1. The van der Waals surface area contributed by atoms with Gasteiger partial charge in [0.2, 0.25) is 5.91 Å².